The van der Waals surface area contributed by atoms with Crippen LogP contribution in [0.3, 0.4) is 0 Å². The van der Waals surface area contributed by atoms with E-state index in [0.29, 0.717) is 0 Å². The molecule has 1 aromatic heterocycles. The van der Waals surface area contributed by atoms with Crippen LogP contribution in [0.25, 0.3) is 20.9 Å². The number of aryl methyl sites for hydroxylation is 2. The minimum absolute atomic E-state index is 1.39. The molecule has 0 bridgehead atoms. The van der Waals surface area contributed by atoms with Crippen LogP contribution >= 0.6 is 11.3 Å². The van der Waals surface area contributed by atoms with E-state index in [1.54, 1.807) is 0 Å². The third-order valence-electron chi connectivity index (χ3n) is 3.21. The van der Waals surface area contributed by atoms with E-state index in [-0.39, 0.29) is 0 Å². The summed E-state index contributed by atoms with van der Waals surface area (Å²) in [5.41, 5.74) is 2.83. The van der Waals surface area contributed by atoms with Crippen LogP contribution < -0.4 is 0 Å². The van der Waals surface area contributed by atoms with Gasteiger partial charge in [-0.2, -0.15) is 0 Å². The lowest BCUT2D eigenvalue weighted by Crippen LogP contribution is -1.84. The number of rotatable bonds is 0. The van der Waals surface area contributed by atoms with Gasteiger partial charge in [0.2, 0.25) is 0 Å². The van der Waals surface area contributed by atoms with Crippen molar-refractivity contribution >= 4 is 32.2 Å². The summed E-state index contributed by atoms with van der Waals surface area (Å²) in [5, 5.41) is 6.38. The normalized spacial score (nSPS) is 11.3. The quantitative estimate of drug-likeness (QED) is 0.508. The third kappa shape index (κ3) is 1.13. The molecular formula is C14H12S. The highest BCUT2D eigenvalue weighted by Crippen LogP contribution is 2.34. The van der Waals surface area contributed by atoms with Gasteiger partial charge < -0.3 is 0 Å². The zero-order valence-corrected chi connectivity index (χ0v) is 9.69. The van der Waals surface area contributed by atoms with Gasteiger partial charge in [0.25, 0.3) is 0 Å². The summed E-state index contributed by atoms with van der Waals surface area (Å²) >= 11 is 1.84. The van der Waals surface area contributed by atoms with Crippen LogP contribution in [0.2, 0.25) is 0 Å². The van der Waals surface area contributed by atoms with E-state index in [4.69, 9.17) is 0 Å². The Labute approximate surface area is 93.2 Å². The summed E-state index contributed by atoms with van der Waals surface area (Å²) in [6.07, 6.45) is 0. The summed E-state index contributed by atoms with van der Waals surface area (Å²) in [4.78, 5) is 0. The maximum Gasteiger partial charge on any atom is 0.0423 e. The molecular weight excluding hydrogens is 200 g/mol. The van der Waals surface area contributed by atoms with Gasteiger partial charge in [0.1, 0.15) is 0 Å². The van der Waals surface area contributed by atoms with Crippen molar-refractivity contribution in [3.63, 3.8) is 0 Å². The van der Waals surface area contributed by atoms with Crippen molar-refractivity contribution in [2.24, 2.45) is 0 Å². The molecule has 0 amide bonds. The molecule has 0 atom stereocenters. The molecule has 0 aliphatic heterocycles. The molecule has 0 N–H and O–H groups in total. The molecule has 0 aliphatic rings. The van der Waals surface area contributed by atoms with E-state index in [2.05, 4.69) is 49.6 Å². The molecule has 3 aromatic rings. The highest BCUT2D eigenvalue weighted by molar-refractivity contribution is 7.18. The number of fused-ring (bicyclic) bond motifs is 3. The predicted molar refractivity (Wildman–Crippen MR) is 68.8 cm³/mol. The van der Waals surface area contributed by atoms with E-state index >= 15 is 0 Å². The second kappa shape index (κ2) is 3.07. The van der Waals surface area contributed by atoms with Crippen molar-refractivity contribution in [3.05, 3.63) is 46.8 Å². The van der Waals surface area contributed by atoms with Gasteiger partial charge in [-0.25, -0.2) is 0 Å². The molecule has 74 valence electrons. The van der Waals surface area contributed by atoms with Gasteiger partial charge in [-0.3, -0.25) is 0 Å². The summed E-state index contributed by atoms with van der Waals surface area (Å²) in [6, 6.07) is 10.9. The summed E-state index contributed by atoms with van der Waals surface area (Å²) in [5.74, 6) is 0. The minimum Gasteiger partial charge on any atom is -0.143 e. The van der Waals surface area contributed by atoms with Crippen LogP contribution in [0.5, 0.6) is 0 Å². The zero-order chi connectivity index (χ0) is 10.4. The van der Waals surface area contributed by atoms with Crippen LogP contribution in [0, 0.1) is 13.8 Å². The summed E-state index contributed by atoms with van der Waals surface area (Å²) in [7, 11) is 0. The zero-order valence-electron chi connectivity index (χ0n) is 8.87. The smallest absolute Gasteiger partial charge is 0.0423 e. The molecule has 3 rings (SSSR count). The Kier molecular flexibility index (Phi) is 1.83. The first-order valence-electron chi connectivity index (χ1n) is 5.14. The van der Waals surface area contributed by atoms with Crippen molar-refractivity contribution in [2.45, 2.75) is 13.8 Å². The average Bonchev–Trinajstić information content (AvgIpc) is 2.75. The molecule has 2 aromatic carbocycles. The van der Waals surface area contributed by atoms with Gasteiger partial charge >= 0.3 is 0 Å². The van der Waals surface area contributed by atoms with Crippen molar-refractivity contribution in [1.82, 2.24) is 0 Å². The van der Waals surface area contributed by atoms with Gasteiger partial charge in [0, 0.05) is 4.70 Å². The first kappa shape index (κ1) is 8.93. The minimum atomic E-state index is 1.39. The van der Waals surface area contributed by atoms with E-state index in [1.165, 1.54) is 32.0 Å². The predicted octanol–water partition coefficient (Wildman–Crippen LogP) is 4.67. The molecule has 0 aliphatic carbocycles. The highest BCUT2D eigenvalue weighted by Gasteiger charge is 2.08. The van der Waals surface area contributed by atoms with Gasteiger partial charge in [-0.05, 0) is 52.6 Å². The van der Waals surface area contributed by atoms with Gasteiger partial charge in [-0.1, -0.05) is 24.3 Å². The Morgan fingerprint density at radius 1 is 0.800 bits per heavy atom. The van der Waals surface area contributed by atoms with Gasteiger partial charge in [0.15, 0.2) is 0 Å². The monoisotopic (exact) mass is 212 g/mol. The van der Waals surface area contributed by atoms with E-state index in [0.717, 1.165) is 0 Å². The fraction of sp³-hybridized carbons (Fsp3) is 0.143. The number of hydrogen-bond donors (Lipinski definition) is 0. The summed E-state index contributed by atoms with van der Waals surface area (Å²) in [6.45, 7) is 4.44. The maximum atomic E-state index is 2.23. The maximum absolute atomic E-state index is 2.23. The Morgan fingerprint density at radius 2 is 1.47 bits per heavy atom. The molecule has 1 heteroatoms. The lowest BCUT2D eigenvalue weighted by molar-refractivity contribution is 1.42. The van der Waals surface area contributed by atoms with E-state index in [9.17, 15) is 0 Å². The highest BCUT2D eigenvalue weighted by atomic mass is 32.1. The number of hydrogen-bond acceptors (Lipinski definition) is 1. The van der Waals surface area contributed by atoms with Crippen molar-refractivity contribution in [3.8, 4) is 0 Å². The average molecular weight is 212 g/mol. The van der Waals surface area contributed by atoms with E-state index < -0.39 is 0 Å². The van der Waals surface area contributed by atoms with Crippen LogP contribution in [-0.2, 0) is 0 Å². The Bertz CT molecular complexity index is 647. The fourth-order valence-corrected chi connectivity index (χ4v) is 3.22. The Morgan fingerprint density at radius 3 is 2.27 bits per heavy atom. The first-order valence-corrected chi connectivity index (χ1v) is 6.02. The lowest BCUT2D eigenvalue weighted by Gasteiger charge is -2.08. The largest absolute Gasteiger partial charge is 0.143 e. The van der Waals surface area contributed by atoms with Crippen LogP contribution in [-0.4, -0.2) is 0 Å². The lowest BCUT2D eigenvalue weighted by atomic mass is 9.98. The van der Waals surface area contributed by atoms with Crippen molar-refractivity contribution in [1.29, 1.82) is 0 Å². The Hall–Kier alpha value is -1.34. The second-order valence-corrected chi connectivity index (χ2v) is 4.88. The molecule has 0 saturated heterocycles. The number of benzene rings is 2. The topological polar surface area (TPSA) is 0 Å². The molecule has 0 unspecified atom stereocenters. The van der Waals surface area contributed by atoms with Gasteiger partial charge in [-0.15, -0.1) is 11.3 Å². The molecule has 1 heterocycles. The van der Waals surface area contributed by atoms with Crippen LogP contribution in [0.15, 0.2) is 35.7 Å². The van der Waals surface area contributed by atoms with Crippen molar-refractivity contribution in [2.75, 3.05) is 0 Å². The van der Waals surface area contributed by atoms with Crippen LogP contribution in [0.1, 0.15) is 11.1 Å². The van der Waals surface area contributed by atoms with Crippen LogP contribution in [0.4, 0.5) is 0 Å². The molecule has 15 heavy (non-hydrogen) atoms. The standard InChI is InChI=1S/C14H12S/c1-9-10(2)12-7-8-15-14(12)13-6-4-3-5-11(9)13/h3-8H,1-2H3. The fourth-order valence-electron chi connectivity index (χ4n) is 2.23. The molecule has 0 spiro atoms. The SMILES string of the molecule is Cc1c(C)c2ccsc2c2ccccc12. The summed E-state index contributed by atoms with van der Waals surface area (Å²) < 4.78 is 1.42. The first-order chi connectivity index (χ1) is 7.29. The third-order valence-corrected chi connectivity index (χ3v) is 4.16. The molecule has 0 fully saturated rings. The molecule has 0 nitrogen and oxygen atoms in total. The second-order valence-electron chi connectivity index (χ2n) is 3.96. The van der Waals surface area contributed by atoms with Crippen molar-refractivity contribution < 1.29 is 0 Å². The van der Waals surface area contributed by atoms with E-state index in [1.807, 2.05) is 11.3 Å². The molecule has 0 radical (unpaired) electrons. The van der Waals surface area contributed by atoms with Gasteiger partial charge in [0.05, 0.1) is 0 Å². The molecule has 0 saturated carbocycles. The number of thiophene rings is 1. The Balaban J connectivity index is 2.70.